The van der Waals surface area contributed by atoms with Crippen molar-refractivity contribution in [3.05, 3.63) is 23.8 Å². The molecule has 0 bridgehead atoms. The largest absolute Gasteiger partial charge is 0.358 e. The summed E-state index contributed by atoms with van der Waals surface area (Å²) < 4.78 is 11.5. The second-order valence-electron chi connectivity index (χ2n) is 8.21. The topological polar surface area (TPSA) is 62.3 Å². The Bertz CT molecular complexity index is 795. The van der Waals surface area contributed by atoms with Crippen molar-refractivity contribution in [3.8, 4) is 0 Å². The van der Waals surface area contributed by atoms with E-state index < -0.39 is 5.79 Å². The van der Waals surface area contributed by atoms with Crippen molar-refractivity contribution < 1.29 is 19.1 Å². The number of fused-ring (bicyclic) bond motifs is 3. The Morgan fingerprint density at radius 3 is 2.57 bits per heavy atom. The molecule has 2 amide bonds. The number of rotatable bonds is 1. The first-order valence-corrected chi connectivity index (χ1v) is 10.3. The summed E-state index contributed by atoms with van der Waals surface area (Å²) >= 11 is 0. The average molecular weight is 385 g/mol. The van der Waals surface area contributed by atoms with Crippen LogP contribution in [0.25, 0.3) is 0 Å². The minimum atomic E-state index is -0.484. The lowest BCUT2D eigenvalue weighted by Gasteiger charge is -2.44. The summed E-state index contributed by atoms with van der Waals surface area (Å²) in [4.78, 5) is 31.7. The number of likely N-dealkylation sites (N-methyl/N-ethyl adjacent to an activating group) is 1. The fourth-order valence-electron chi connectivity index (χ4n) is 5.01. The van der Waals surface area contributed by atoms with Gasteiger partial charge in [0, 0.05) is 45.1 Å². The molecule has 4 aliphatic heterocycles. The summed E-state index contributed by atoms with van der Waals surface area (Å²) in [6.07, 6.45) is 4.52. The molecule has 7 heteroatoms. The van der Waals surface area contributed by atoms with Gasteiger partial charge in [0.05, 0.1) is 24.6 Å². The summed E-state index contributed by atoms with van der Waals surface area (Å²) in [5.41, 5.74) is 2.54. The van der Waals surface area contributed by atoms with E-state index in [1.54, 1.807) is 4.90 Å². The van der Waals surface area contributed by atoms with Crippen LogP contribution in [0.4, 0.5) is 11.4 Å². The predicted molar refractivity (Wildman–Crippen MR) is 105 cm³/mol. The Balaban J connectivity index is 1.37. The molecule has 0 aromatic heterocycles. The monoisotopic (exact) mass is 385 g/mol. The highest BCUT2D eigenvalue weighted by Gasteiger charge is 2.41. The van der Waals surface area contributed by atoms with Crippen molar-refractivity contribution in [3.63, 3.8) is 0 Å². The fourth-order valence-corrected chi connectivity index (χ4v) is 5.01. The molecule has 0 radical (unpaired) electrons. The summed E-state index contributed by atoms with van der Waals surface area (Å²) in [6, 6.07) is 5.74. The first kappa shape index (κ1) is 17.9. The zero-order chi connectivity index (χ0) is 19.3. The molecule has 1 aromatic carbocycles. The van der Waals surface area contributed by atoms with E-state index in [9.17, 15) is 9.59 Å². The van der Waals surface area contributed by atoms with Gasteiger partial charge in [-0.3, -0.25) is 9.59 Å². The zero-order valence-electron chi connectivity index (χ0n) is 16.4. The number of carbonyl (C=O) groups is 2. The van der Waals surface area contributed by atoms with E-state index >= 15 is 0 Å². The van der Waals surface area contributed by atoms with Crippen molar-refractivity contribution in [2.45, 2.75) is 43.9 Å². The third kappa shape index (κ3) is 2.79. The molecule has 1 atom stereocenters. The normalized spacial score (nSPS) is 26.4. The fraction of sp³-hybridized carbons (Fsp3) is 0.619. The number of likely N-dealkylation sites (tertiary alicyclic amines) is 1. The smallest absolute Gasteiger partial charge is 0.253 e. The lowest BCUT2D eigenvalue weighted by molar-refractivity contribution is -0.181. The molecular weight excluding hydrogens is 358 g/mol. The molecule has 4 heterocycles. The number of ether oxygens (including phenoxy) is 2. The van der Waals surface area contributed by atoms with Crippen molar-refractivity contribution in [2.24, 2.45) is 0 Å². The number of carbonyl (C=O) groups excluding carboxylic acids is 2. The maximum atomic E-state index is 13.1. The van der Waals surface area contributed by atoms with Crippen molar-refractivity contribution in [1.29, 1.82) is 0 Å². The number of nitrogens with zero attached hydrogens (tertiary/aromatic N) is 3. The number of anilines is 2. The van der Waals surface area contributed by atoms with Crippen LogP contribution in [0, 0.1) is 0 Å². The molecular formula is C21H27N3O4. The quantitative estimate of drug-likeness (QED) is 0.740. The van der Waals surface area contributed by atoms with Crippen LogP contribution in [0.15, 0.2) is 18.2 Å². The molecule has 0 saturated carbocycles. The summed E-state index contributed by atoms with van der Waals surface area (Å²) in [5.74, 6) is -0.341. The highest BCUT2D eigenvalue weighted by atomic mass is 16.7. The minimum Gasteiger partial charge on any atom is -0.358 e. The average Bonchev–Trinajstić information content (AvgIpc) is 3.19. The van der Waals surface area contributed by atoms with Gasteiger partial charge in [0.1, 0.15) is 6.04 Å². The van der Waals surface area contributed by atoms with Crippen molar-refractivity contribution in [1.82, 2.24) is 4.90 Å². The Morgan fingerprint density at radius 2 is 1.82 bits per heavy atom. The number of hydrogen-bond donors (Lipinski definition) is 0. The van der Waals surface area contributed by atoms with Gasteiger partial charge in [-0.25, -0.2) is 0 Å². The molecule has 4 aliphatic rings. The third-order valence-corrected chi connectivity index (χ3v) is 6.64. The second kappa shape index (κ2) is 6.74. The number of amides is 2. The van der Waals surface area contributed by atoms with E-state index in [1.165, 1.54) is 0 Å². The van der Waals surface area contributed by atoms with Crippen LogP contribution >= 0.6 is 0 Å². The van der Waals surface area contributed by atoms with E-state index in [0.717, 1.165) is 37.2 Å². The van der Waals surface area contributed by atoms with Gasteiger partial charge in [-0.05, 0) is 37.5 Å². The van der Waals surface area contributed by atoms with Crippen LogP contribution in [0.1, 0.15) is 42.5 Å². The van der Waals surface area contributed by atoms with E-state index in [4.69, 9.17) is 9.47 Å². The lowest BCUT2D eigenvalue weighted by Crippen LogP contribution is -2.54. The van der Waals surface area contributed by atoms with E-state index in [1.807, 2.05) is 30.1 Å². The van der Waals surface area contributed by atoms with Crippen LogP contribution < -0.4 is 9.80 Å². The predicted octanol–water partition coefficient (Wildman–Crippen LogP) is 2.00. The molecule has 3 saturated heterocycles. The molecule has 7 nitrogen and oxygen atoms in total. The summed E-state index contributed by atoms with van der Waals surface area (Å²) in [6.45, 7) is 3.42. The van der Waals surface area contributed by atoms with Gasteiger partial charge in [-0.1, -0.05) is 0 Å². The molecule has 3 fully saturated rings. The Morgan fingerprint density at radius 1 is 1.07 bits per heavy atom. The number of hydrogen-bond acceptors (Lipinski definition) is 5. The minimum absolute atomic E-state index is 0.0114. The van der Waals surface area contributed by atoms with Gasteiger partial charge >= 0.3 is 0 Å². The van der Waals surface area contributed by atoms with E-state index in [2.05, 4.69) is 4.90 Å². The number of piperidine rings is 2. The Kier molecular flexibility index (Phi) is 4.32. The number of benzene rings is 1. The van der Waals surface area contributed by atoms with Crippen molar-refractivity contribution in [2.75, 3.05) is 49.7 Å². The van der Waals surface area contributed by atoms with Crippen LogP contribution in [-0.2, 0) is 14.3 Å². The first-order valence-electron chi connectivity index (χ1n) is 10.3. The SMILES string of the molecule is CN1C(=O)[C@@H]2CCCCN2c2ccc(C(=O)N3CCC4(CC3)OCCO4)cc21. The van der Waals surface area contributed by atoms with Gasteiger partial charge in [-0.2, -0.15) is 0 Å². The molecule has 28 heavy (non-hydrogen) atoms. The van der Waals surface area contributed by atoms with Gasteiger partial charge in [0.2, 0.25) is 5.91 Å². The lowest BCUT2D eigenvalue weighted by atomic mass is 9.95. The zero-order valence-corrected chi connectivity index (χ0v) is 16.4. The second-order valence-corrected chi connectivity index (χ2v) is 8.21. The maximum absolute atomic E-state index is 13.1. The molecule has 0 unspecified atom stereocenters. The molecule has 1 spiro atoms. The van der Waals surface area contributed by atoms with Crippen LogP contribution in [0.5, 0.6) is 0 Å². The highest BCUT2D eigenvalue weighted by Crippen LogP contribution is 2.39. The van der Waals surface area contributed by atoms with Crippen LogP contribution in [0.2, 0.25) is 0 Å². The standard InChI is InChI=1S/C21H27N3O4/c1-22-18-14-15(5-6-16(18)24-9-3-2-4-17(24)20(22)26)19(25)23-10-7-21(8-11-23)27-12-13-28-21/h5-6,14,17H,2-4,7-13H2,1H3/t17-/m0/s1. The van der Waals surface area contributed by atoms with Gasteiger partial charge in [-0.15, -0.1) is 0 Å². The first-order chi connectivity index (χ1) is 13.6. The molecule has 5 rings (SSSR count). The summed E-state index contributed by atoms with van der Waals surface area (Å²) in [7, 11) is 1.82. The Labute approximate surface area is 165 Å². The van der Waals surface area contributed by atoms with Gasteiger partial charge in [0.25, 0.3) is 5.91 Å². The summed E-state index contributed by atoms with van der Waals surface area (Å²) in [5, 5.41) is 0. The molecule has 150 valence electrons. The van der Waals surface area contributed by atoms with Crippen molar-refractivity contribution >= 4 is 23.2 Å². The van der Waals surface area contributed by atoms with E-state index in [0.29, 0.717) is 44.7 Å². The van der Waals surface area contributed by atoms with Gasteiger partial charge in [0.15, 0.2) is 5.79 Å². The Hall–Kier alpha value is -2.12. The highest BCUT2D eigenvalue weighted by molar-refractivity contribution is 6.07. The van der Waals surface area contributed by atoms with Gasteiger partial charge < -0.3 is 24.2 Å². The molecule has 1 aromatic rings. The van der Waals surface area contributed by atoms with E-state index in [-0.39, 0.29) is 17.9 Å². The van der Waals surface area contributed by atoms with Crippen LogP contribution in [-0.4, -0.2) is 68.4 Å². The molecule has 0 N–H and O–H groups in total. The van der Waals surface area contributed by atoms with Crippen LogP contribution in [0.3, 0.4) is 0 Å². The maximum Gasteiger partial charge on any atom is 0.253 e. The molecule has 0 aliphatic carbocycles. The third-order valence-electron chi connectivity index (χ3n) is 6.64.